The zero-order valence-electron chi connectivity index (χ0n) is 32.7. The number of allylic oxidation sites excluding steroid dienone is 1. The summed E-state index contributed by atoms with van der Waals surface area (Å²) in [5.74, 6) is -32.8. The van der Waals surface area contributed by atoms with Crippen LogP contribution in [0.5, 0.6) is 69.0 Å². The molecule has 346 valence electrons. The first-order chi connectivity index (χ1) is 31.5. The Labute approximate surface area is 368 Å². The van der Waals surface area contributed by atoms with E-state index in [9.17, 15) is 99.6 Å². The van der Waals surface area contributed by atoms with E-state index >= 15 is 0 Å². The average Bonchev–Trinajstić information content (AvgIpc) is 3.28. The Morgan fingerprint density at radius 3 is 1.58 bits per heavy atom. The highest BCUT2D eigenvalue weighted by molar-refractivity contribution is 6.69. The predicted octanol–water partition coefficient (Wildman–Crippen LogP) is -0.0196. The number of phenolic OH excluding ortho intramolecular Hbond substituents is 12. The lowest BCUT2D eigenvalue weighted by Crippen LogP contribution is -2.63. The van der Waals surface area contributed by atoms with Crippen molar-refractivity contribution in [1.82, 2.24) is 0 Å². The minimum Gasteiger partial charge on any atom is -0.504 e. The van der Waals surface area contributed by atoms with Gasteiger partial charge < -0.3 is 89.7 Å². The van der Waals surface area contributed by atoms with E-state index in [2.05, 4.69) is 0 Å². The highest BCUT2D eigenvalue weighted by Crippen LogP contribution is 2.53. The molecule has 4 aromatic carbocycles. The number of ketones is 3. The van der Waals surface area contributed by atoms with E-state index in [1.165, 1.54) is 0 Å². The van der Waals surface area contributed by atoms with E-state index in [-0.39, 0.29) is 6.08 Å². The maximum absolute atomic E-state index is 14.6. The van der Waals surface area contributed by atoms with Crippen molar-refractivity contribution < 1.29 is 128 Å². The highest BCUT2D eigenvalue weighted by atomic mass is 16.7. The van der Waals surface area contributed by atoms with Crippen LogP contribution < -0.4 is 0 Å². The lowest BCUT2D eigenvalue weighted by molar-refractivity contribution is -0.286. The summed E-state index contributed by atoms with van der Waals surface area (Å²) in [5.41, 5.74) is -8.79. The average molecular weight is 935 g/mol. The van der Waals surface area contributed by atoms with Gasteiger partial charge >= 0.3 is 29.8 Å². The van der Waals surface area contributed by atoms with Crippen molar-refractivity contribution in [2.24, 2.45) is 0 Å². The molecule has 1 fully saturated rings. The van der Waals surface area contributed by atoms with Gasteiger partial charge in [0.2, 0.25) is 41.2 Å². The van der Waals surface area contributed by atoms with E-state index in [0.29, 0.717) is 30.3 Å². The number of rotatable bonds is 2. The molecular formula is C41H26O26. The quantitative estimate of drug-likeness (QED) is 0.0544. The first-order valence-corrected chi connectivity index (χ1v) is 18.6. The Morgan fingerprint density at radius 1 is 0.522 bits per heavy atom. The van der Waals surface area contributed by atoms with E-state index in [1.54, 1.807) is 0 Å². The minimum absolute atomic E-state index is 0.231. The van der Waals surface area contributed by atoms with Crippen LogP contribution in [0.15, 0.2) is 42.0 Å². The Bertz CT molecular complexity index is 3000. The summed E-state index contributed by atoms with van der Waals surface area (Å²) in [6.07, 6.45) is -12.2. The van der Waals surface area contributed by atoms with Gasteiger partial charge in [0.25, 0.3) is 5.78 Å². The molecule has 0 unspecified atom stereocenters. The summed E-state index contributed by atoms with van der Waals surface area (Å²) in [5, 5.41) is 126. The third-order valence-electron chi connectivity index (χ3n) is 10.8. The van der Waals surface area contributed by atoms with Gasteiger partial charge in [0.05, 0.1) is 33.7 Å². The molecule has 3 heterocycles. The van der Waals surface area contributed by atoms with Gasteiger partial charge in [-0.15, -0.1) is 0 Å². The lowest BCUT2D eigenvalue weighted by atomic mass is 9.78. The van der Waals surface area contributed by atoms with Crippen LogP contribution in [0.2, 0.25) is 0 Å². The van der Waals surface area contributed by atoms with Crippen LogP contribution in [0.4, 0.5) is 0 Å². The molecule has 4 aliphatic rings. The standard InChI is InChI=1S/C41H26O26/c42-13-1-8(2-14(43)24(13)48)36(57)67-41-35-34-33(64-38(59)10-4-16(45)27(51)31(55)22(10)23-12(40(61)66-35)6-18(47)28(52)32(23)56)19(63-41)7-62-37(58)9-3-15(44)25(49)29(53)20(9)21-11(39(60)65-34)5-17(46)26(50)30(21)54/h1-6,19,22,33-35,41-44,46-50,52-54,56H,7H2/t19-,22-,33-,34+,35-,41+/m1/s1. The van der Waals surface area contributed by atoms with Crippen molar-refractivity contribution >= 4 is 47.2 Å². The van der Waals surface area contributed by atoms with Crippen LogP contribution in [0, 0.1) is 0 Å². The number of fused-ring (bicyclic) bond motifs is 6. The molecule has 67 heavy (non-hydrogen) atoms. The molecule has 0 radical (unpaired) electrons. The first-order valence-electron chi connectivity index (χ1n) is 18.6. The van der Waals surface area contributed by atoms with Gasteiger partial charge in [-0.3, -0.25) is 14.4 Å². The number of aromatic hydroxyl groups is 12. The minimum atomic E-state index is -2.61. The van der Waals surface area contributed by atoms with E-state index in [1.807, 2.05) is 0 Å². The normalized spacial score (nSPS) is 22.6. The second-order valence-electron chi connectivity index (χ2n) is 14.7. The van der Waals surface area contributed by atoms with Gasteiger partial charge in [-0.1, -0.05) is 0 Å². The number of carbonyl (C=O) groups is 8. The Kier molecular flexibility index (Phi) is 10.3. The molecule has 0 spiro atoms. The summed E-state index contributed by atoms with van der Waals surface area (Å²) in [4.78, 5) is 110. The van der Waals surface area contributed by atoms with Gasteiger partial charge in [0.1, 0.15) is 12.7 Å². The number of Topliss-reactive ketones (excluding diaryl/α,β-unsaturated/α-hetero) is 2. The fraction of sp³-hybridized carbons (Fsp3) is 0.171. The number of carbonyl (C=O) groups excluding carboxylic acids is 8. The number of ether oxygens (including phenoxy) is 6. The summed E-state index contributed by atoms with van der Waals surface area (Å²) in [6, 6.07) is 2.22. The summed E-state index contributed by atoms with van der Waals surface area (Å²) in [6.45, 7) is -1.32. The largest absolute Gasteiger partial charge is 0.504 e. The van der Waals surface area contributed by atoms with Crippen LogP contribution in [-0.2, 0) is 47.6 Å². The van der Waals surface area contributed by atoms with E-state index in [0.717, 1.165) is 0 Å². The topological polar surface area (TPSA) is 435 Å². The van der Waals surface area contributed by atoms with Gasteiger partial charge in [-0.25, -0.2) is 24.0 Å². The number of phenols is 12. The third-order valence-corrected chi connectivity index (χ3v) is 10.8. The van der Waals surface area contributed by atoms with Crippen molar-refractivity contribution in [3.05, 3.63) is 69.8 Å². The Morgan fingerprint density at radius 2 is 1.00 bits per heavy atom. The SMILES string of the molecule is O=C1C=C2C(=O)O[C@H]3[C@@H]4OC(=O)c5cc(O)c(O)c(O)c5-c5c(cc(O)c(O)c5O)C(=O)OC[C@H]3O[C@@H](OC(=O)c3cc(O)c(O)c(O)c3)[C@@H]4OC(=O)c3cc(O)c(O)c(O)c3[C@@H]2C(=O)C1=O. The second-order valence-corrected chi connectivity index (χ2v) is 14.7. The lowest BCUT2D eigenvalue weighted by Gasteiger charge is -2.44. The van der Waals surface area contributed by atoms with Crippen molar-refractivity contribution in [3.63, 3.8) is 0 Å². The van der Waals surface area contributed by atoms with E-state index in [4.69, 9.17) is 28.4 Å². The molecule has 26 nitrogen and oxygen atoms in total. The summed E-state index contributed by atoms with van der Waals surface area (Å²) < 4.78 is 33.5. The number of hydrogen-bond acceptors (Lipinski definition) is 26. The number of hydrogen-bond donors (Lipinski definition) is 12. The monoisotopic (exact) mass is 934 g/mol. The maximum Gasteiger partial charge on any atom is 0.340 e. The van der Waals surface area contributed by atoms with Gasteiger partial charge in [-0.05, 0) is 30.3 Å². The number of benzene rings is 4. The molecule has 8 rings (SSSR count). The fourth-order valence-corrected chi connectivity index (χ4v) is 7.59. The van der Waals surface area contributed by atoms with Gasteiger partial charge in [0.15, 0.2) is 64.0 Å². The van der Waals surface area contributed by atoms with Crippen LogP contribution in [0.3, 0.4) is 0 Å². The van der Waals surface area contributed by atoms with Crippen molar-refractivity contribution in [3.8, 4) is 80.1 Å². The molecule has 0 aromatic heterocycles. The van der Waals surface area contributed by atoms with E-state index < -0.39 is 204 Å². The first kappa shape index (κ1) is 44.2. The molecule has 0 saturated carbocycles. The summed E-state index contributed by atoms with van der Waals surface area (Å²) >= 11 is 0. The Hall–Kier alpha value is -9.46. The van der Waals surface area contributed by atoms with Crippen molar-refractivity contribution in [2.45, 2.75) is 36.6 Å². The van der Waals surface area contributed by atoms with Gasteiger partial charge in [-0.2, -0.15) is 0 Å². The second kappa shape index (κ2) is 15.7. The van der Waals surface area contributed by atoms with Crippen molar-refractivity contribution in [1.29, 1.82) is 0 Å². The number of cyclic esters (lactones) is 1. The number of esters is 5. The molecule has 4 aromatic rings. The summed E-state index contributed by atoms with van der Waals surface area (Å²) in [7, 11) is 0. The smallest absolute Gasteiger partial charge is 0.340 e. The van der Waals surface area contributed by atoms with Crippen LogP contribution in [-0.4, -0.2) is 146 Å². The molecule has 4 bridgehead atoms. The zero-order valence-corrected chi connectivity index (χ0v) is 32.7. The molecule has 3 aliphatic heterocycles. The fourth-order valence-electron chi connectivity index (χ4n) is 7.59. The highest BCUT2D eigenvalue weighted by Gasteiger charge is 2.57. The molecule has 0 amide bonds. The molecule has 12 N–H and O–H groups in total. The maximum atomic E-state index is 14.6. The predicted molar refractivity (Wildman–Crippen MR) is 203 cm³/mol. The van der Waals surface area contributed by atoms with Crippen LogP contribution in [0.25, 0.3) is 11.1 Å². The molecular weight excluding hydrogens is 908 g/mol. The van der Waals surface area contributed by atoms with Gasteiger partial charge in [0, 0.05) is 22.8 Å². The molecule has 1 aliphatic carbocycles. The third kappa shape index (κ3) is 6.95. The molecule has 26 heteroatoms. The van der Waals surface area contributed by atoms with Crippen LogP contribution >= 0.6 is 0 Å². The van der Waals surface area contributed by atoms with Crippen LogP contribution in [0.1, 0.15) is 52.9 Å². The molecule has 1 saturated heterocycles. The Balaban J connectivity index is 1.39. The zero-order chi connectivity index (χ0) is 48.8. The molecule has 6 atom stereocenters. The van der Waals surface area contributed by atoms with Crippen molar-refractivity contribution in [2.75, 3.05) is 6.61 Å².